The molecule has 2 heterocycles. The van der Waals surface area contributed by atoms with E-state index in [2.05, 4.69) is 20.5 Å². The molecule has 6 heteroatoms. The second-order valence-electron chi connectivity index (χ2n) is 4.75. The molecular weight excluding hydrogens is 283 g/mol. The van der Waals surface area contributed by atoms with E-state index in [-0.39, 0.29) is 12.4 Å². The summed E-state index contributed by atoms with van der Waals surface area (Å²) in [5.74, 6) is 0.405. The van der Waals surface area contributed by atoms with Crippen LogP contribution in [0.5, 0.6) is 0 Å². The van der Waals surface area contributed by atoms with E-state index in [1.54, 1.807) is 24.5 Å². The highest BCUT2D eigenvalue weighted by Gasteiger charge is 2.10. The highest BCUT2D eigenvalue weighted by Crippen LogP contribution is 2.30. The number of benzene rings is 1. The monoisotopic (exact) mass is 298 g/mol. The maximum absolute atomic E-state index is 13.1. The maximum atomic E-state index is 13.1. The van der Waals surface area contributed by atoms with Gasteiger partial charge < -0.3 is 10.4 Å². The Morgan fingerprint density at radius 3 is 2.73 bits per heavy atom. The SMILES string of the molecule is OCCNc1cc(-c2cn[nH]c2-c2ccc(F)cc2)ccn1. The largest absolute Gasteiger partial charge is 0.395 e. The van der Waals surface area contributed by atoms with Crippen LogP contribution < -0.4 is 5.32 Å². The number of hydrogen-bond donors (Lipinski definition) is 3. The van der Waals surface area contributed by atoms with Gasteiger partial charge in [0.1, 0.15) is 11.6 Å². The van der Waals surface area contributed by atoms with Crippen molar-refractivity contribution in [3.05, 3.63) is 54.6 Å². The molecule has 0 unspecified atom stereocenters. The number of anilines is 1. The summed E-state index contributed by atoms with van der Waals surface area (Å²) in [6, 6.07) is 10.0. The Labute approximate surface area is 126 Å². The van der Waals surface area contributed by atoms with E-state index in [1.165, 1.54) is 12.1 Å². The quantitative estimate of drug-likeness (QED) is 0.677. The summed E-state index contributed by atoms with van der Waals surface area (Å²) in [6.07, 6.45) is 3.42. The second kappa shape index (κ2) is 6.36. The Morgan fingerprint density at radius 1 is 1.14 bits per heavy atom. The molecule has 0 spiro atoms. The van der Waals surface area contributed by atoms with Crippen LogP contribution in [0.25, 0.3) is 22.4 Å². The first-order valence-electron chi connectivity index (χ1n) is 6.88. The number of aliphatic hydroxyl groups excluding tert-OH is 1. The van der Waals surface area contributed by atoms with Gasteiger partial charge in [0.15, 0.2) is 0 Å². The predicted octanol–water partition coefficient (Wildman–Crippen LogP) is 2.68. The number of pyridine rings is 1. The Kier molecular flexibility index (Phi) is 4.11. The standard InChI is InChI=1S/C16H15FN4O/c17-13-3-1-11(2-4-13)16-14(10-20-21-16)12-5-6-18-15(9-12)19-7-8-22/h1-6,9-10,22H,7-8H2,(H,18,19)(H,20,21). The lowest BCUT2D eigenvalue weighted by Gasteiger charge is -2.07. The molecule has 0 saturated heterocycles. The number of hydrogen-bond acceptors (Lipinski definition) is 4. The summed E-state index contributed by atoms with van der Waals surface area (Å²) in [5, 5.41) is 18.9. The van der Waals surface area contributed by atoms with Gasteiger partial charge in [-0.3, -0.25) is 5.10 Å². The smallest absolute Gasteiger partial charge is 0.126 e. The third-order valence-corrected chi connectivity index (χ3v) is 3.26. The van der Waals surface area contributed by atoms with Crippen molar-refractivity contribution >= 4 is 5.82 Å². The molecule has 0 aliphatic rings. The van der Waals surface area contributed by atoms with Crippen molar-refractivity contribution < 1.29 is 9.50 Å². The average molecular weight is 298 g/mol. The molecule has 0 atom stereocenters. The minimum Gasteiger partial charge on any atom is -0.395 e. The van der Waals surface area contributed by atoms with Crippen LogP contribution in [0.3, 0.4) is 0 Å². The van der Waals surface area contributed by atoms with Gasteiger partial charge in [-0.05, 0) is 42.0 Å². The number of H-pyrrole nitrogens is 1. The Hall–Kier alpha value is -2.73. The number of aliphatic hydroxyl groups is 1. The first-order chi connectivity index (χ1) is 10.8. The highest BCUT2D eigenvalue weighted by atomic mass is 19.1. The van der Waals surface area contributed by atoms with E-state index in [0.717, 1.165) is 22.4 Å². The van der Waals surface area contributed by atoms with Crippen molar-refractivity contribution in [1.82, 2.24) is 15.2 Å². The van der Waals surface area contributed by atoms with Gasteiger partial charge in [0.25, 0.3) is 0 Å². The van der Waals surface area contributed by atoms with Crippen LogP contribution in [0.15, 0.2) is 48.8 Å². The number of nitrogens with zero attached hydrogens (tertiary/aromatic N) is 2. The number of nitrogens with one attached hydrogen (secondary N) is 2. The number of aromatic nitrogens is 3. The van der Waals surface area contributed by atoms with Crippen molar-refractivity contribution in [3.63, 3.8) is 0 Å². The zero-order valence-electron chi connectivity index (χ0n) is 11.8. The molecule has 3 aromatic rings. The number of rotatable bonds is 5. The van der Waals surface area contributed by atoms with E-state index >= 15 is 0 Å². The summed E-state index contributed by atoms with van der Waals surface area (Å²) >= 11 is 0. The molecule has 1 aromatic carbocycles. The van der Waals surface area contributed by atoms with Crippen LogP contribution in [0.1, 0.15) is 0 Å². The molecule has 112 valence electrons. The van der Waals surface area contributed by atoms with Gasteiger partial charge in [0.2, 0.25) is 0 Å². The molecule has 5 nitrogen and oxygen atoms in total. The maximum Gasteiger partial charge on any atom is 0.126 e. The third-order valence-electron chi connectivity index (χ3n) is 3.26. The van der Waals surface area contributed by atoms with Crippen molar-refractivity contribution in [2.75, 3.05) is 18.5 Å². The Bertz CT molecular complexity index is 755. The van der Waals surface area contributed by atoms with E-state index in [0.29, 0.717) is 12.4 Å². The molecule has 3 rings (SSSR count). The van der Waals surface area contributed by atoms with Gasteiger partial charge in [0.05, 0.1) is 18.5 Å². The van der Waals surface area contributed by atoms with Crippen LogP contribution in [0.4, 0.5) is 10.2 Å². The topological polar surface area (TPSA) is 73.8 Å². The molecule has 3 N–H and O–H groups in total. The van der Waals surface area contributed by atoms with E-state index in [9.17, 15) is 4.39 Å². The minimum atomic E-state index is -0.274. The molecule has 0 amide bonds. The minimum absolute atomic E-state index is 0.0401. The zero-order chi connectivity index (χ0) is 15.4. The van der Waals surface area contributed by atoms with Gasteiger partial charge in [-0.1, -0.05) is 0 Å². The second-order valence-corrected chi connectivity index (χ2v) is 4.75. The van der Waals surface area contributed by atoms with Crippen molar-refractivity contribution in [2.45, 2.75) is 0 Å². The molecular formula is C16H15FN4O. The lowest BCUT2D eigenvalue weighted by atomic mass is 10.0. The molecule has 22 heavy (non-hydrogen) atoms. The zero-order valence-corrected chi connectivity index (χ0v) is 11.8. The van der Waals surface area contributed by atoms with Crippen LogP contribution >= 0.6 is 0 Å². The first kappa shape index (κ1) is 14.2. The fraction of sp³-hybridized carbons (Fsp3) is 0.125. The summed E-state index contributed by atoms with van der Waals surface area (Å²) in [4.78, 5) is 4.20. The van der Waals surface area contributed by atoms with Gasteiger partial charge in [-0.15, -0.1) is 0 Å². The normalized spacial score (nSPS) is 10.6. The van der Waals surface area contributed by atoms with Crippen molar-refractivity contribution in [2.24, 2.45) is 0 Å². The molecule has 2 aromatic heterocycles. The highest BCUT2D eigenvalue weighted by molar-refractivity contribution is 5.81. The Morgan fingerprint density at radius 2 is 1.95 bits per heavy atom. The van der Waals surface area contributed by atoms with Crippen LogP contribution in [0, 0.1) is 5.82 Å². The predicted molar refractivity (Wildman–Crippen MR) is 82.8 cm³/mol. The third kappa shape index (κ3) is 2.96. The molecule has 0 aliphatic heterocycles. The van der Waals surface area contributed by atoms with E-state index in [4.69, 9.17) is 5.11 Å². The number of halogens is 1. The molecule has 0 aliphatic carbocycles. The van der Waals surface area contributed by atoms with Crippen LogP contribution in [0.2, 0.25) is 0 Å². The van der Waals surface area contributed by atoms with Crippen LogP contribution in [-0.2, 0) is 0 Å². The summed E-state index contributed by atoms with van der Waals surface area (Å²) < 4.78 is 13.1. The summed E-state index contributed by atoms with van der Waals surface area (Å²) in [7, 11) is 0. The summed E-state index contributed by atoms with van der Waals surface area (Å²) in [6.45, 7) is 0.477. The van der Waals surface area contributed by atoms with Gasteiger partial charge in [-0.25, -0.2) is 9.37 Å². The number of aromatic amines is 1. The first-order valence-corrected chi connectivity index (χ1v) is 6.88. The van der Waals surface area contributed by atoms with Gasteiger partial charge in [-0.2, -0.15) is 5.10 Å². The van der Waals surface area contributed by atoms with Crippen molar-refractivity contribution in [1.29, 1.82) is 0 Å². The summed E-state index contributed by atoms with van der Waals surface area (Å²) in [5.41, 5.74) is 3.51. The van der Waals surface area contributed by atoms with Gasteiger partial charge in [0, 0.05) is 23.9 Å². The molecule has 0 bridgehead atoms. The molecule has 0 fully saturated rings. The van der Waals surface area contributed by atoms with Gasteiger partial charge >= 0.3 is 0 Å². The molecule has 0 saturated carbocycles. The average Bonchev–Trinajstić information content (AvgIpc) is 3.03. The van der Waals surface area contributed by atoms with E-state index in [1.807, 2.05) is 12.1 Å². The van der Waals surface area contributed by atoms with Crippen molar-refractivity contribution in [3.8, 4) is 22.4 Å². The lowest BCUT2D eigenvalue weighted by Crippen LogP contribution is -2.06. The fourth-order valence-corrected chi connectivity index (χ4v) is 2.22. The van der Waals surface area contributed by atoms with E-state index < -0.39 is 0 Å². The Balaban J connectivity index is 1.96. The fourth-order valence-electron chi connectivity index (χ4n) is 2.22. The lowest BCUT2D eigenvalue weighted by molar-refractivity contribution is 0.311. The van der Waals surface area contributed by atoms with Crippen LogP contribution in [-0.4, -0.2) is 33.4 Å². The molecule has 0 radical (unpaired) electrons.